The zero-order valence-electron chi connectivity index (χ0n) is 15.4. The molecule has 1 saturated carbocycles. The summed E-state index contributed by atoms with van der Waals surface area (Å²) in [4.78, 5) is 27.5. The molecule has 0 unspecified atom stereocenters. The maximum absolute atomic E-state index is 13.1. The number of Topliss-reactive ketones (excluding diaryl/α,β-unsaturated/α-hetero) is 1. The van der Waals surface area contributed by atoms with E-state index in [1.54, 1.807) is 12.1 Å². The maximum Gasteiger partial charge on any atom is 0.294 e. The molecule has 144 valence electrons. The quantitative estimate of drug-likeness (QED) is 0.703. The third kappa shape index (κ3) is 3.22. The number of ether oxygens (including phenoxy) is 1. The molecule has 28 heavy (non-hydrogen) atoms. The van der Waals surface area contributed by atoms with Crippen molar-refractivity contribution in [3.8, 4) is 5.75 Å². The number of hydrogen-bond donors (Lipinski definition) is 1. The highest BCUT2D eigenvalue weighted by Gasteiger charge is 2.48. The number of nitrogens with zero attached hydrogens (tertiary/aromatic N) is 1. The van der Waals surface area contributed by atoms with Crippen LogP contribution in [0.15, 0.2) is 64.3 Å². The van der Waals surface area contributed by atoms with Gasteiger partial charge < -0.3 is 9.84 Å². The Morgan fingerprint density at radius 2 is 1.86 bits per heavy atom. The van der Waals surface area contributed by atoms with Crippen LogP contribution < -0.4 is 9.64 Å². The fraction of sp³-hybridized carbons (Fsp3) is 0.273. The lowest BCUT2D eigenvalue weighted by Crippen LogP contribution is -2.31. The zero-order chi connectivity index (χ0) is 19.8. The molecule has 6 heteroatoms. The molecule has 0 spiro atoms. The van der Waals surface area contributed by atoms with Crippen molar-refractivity contribution in [2.24, 2.45) is 5.92 Å². The predicted molar refractivity (Wildman–Crippen MR) is 109 cm³/mol. The SMILES string of the molecule is CCOc1ccccc1N1C(=O)C(O)=C(C(=O)C2CC2)[C@@H]1c1ccc(Br)cc1. The molecular formula is C22H20BrNO4. The number of aliphatic hydroxyl groups excluding tert-OH is 1. The van der Waals surface area contributed by atoms with Gasteiger partial charge in [0, 0.05) is 10.4 Å². The summed E-state index contributed by atoms with van der Waals surface area (Å²) in [7, 11) is 0. The maximum atomic E-state index is 13.1. The van der Waals surface area contributed by atoms with Crippen LogP contribution in [0, 0.1) is 5.92 Å². The smallest absolute Gasteiger partial charge is 0.294 e. The number of anilines is 1. The standard InChI is InChI=1S/C22H20BrNO4/c1-2-28-17-6-4-3-5-16(17)24-19(13-9-11-15(23)12-10-13)18(21(26)22(24)27)20(25)14-7-8-14/h3-6,9-12,14,19,26H,2,7-8H2,1H3/t19-/m0/s1. The number of hydrogen-bond acceptors (Lipinski definition) is 4. The molecule has 1 aliphatic heterocycles. The van der Waals surface area contributed by atoms with Crippen molar-refractivity contribution in [3.63, 3.8) is 0 Å². The van der Waals surface area contributed by atoms with Crippen LogP contribution in [0.2, 0.25) is 0 Å². The van der Waals surface area contributed by atoms with E-state index in [1.807, 2.05) is 43.3 Å². The first kappa shape index (κ1) is 18.7. The fourth-order valence-corrected chi connectivity index (χ4v) is 3.83. The lowest BCUT2D eigenvalue weighted by atomic mass is 9.94. The molecule has 1 atom stereocenters. The summed E-state index contributed by atoms with van der Waals surface area (Å²) < 4.78 is 6.60. The van der Waals surface area contributed by atoms with Gasteiger partial charge in [0.2, 0.25) is 0 Å². The minimum Gasteiger partial charge on any atom is -0.503 e. The molecule has 1 N–H and O–H groups in total. The summed E-state index contributed by atoms with van der Waals surface area (Å²) in [5.74, 6) is -0.756. The van der Waals surface area contributed by atoms with Gasteiger partial charge in [0.1, 0.15) is 5.75 Å². The monoisotopic (exact) mass is 441 g/mol. The van der Waals surface area contributed by atoms with Crippen LogP contribution in [0.25, 0.3) is 0 Å². The molecule has 2 aliphatic rings. The van der Waals surface area contributed by atoms with Gasteiger partial charge in [-0.2, -0.15) is 0 Å². The number of rotatable bonds is 6. The van der Waals surface area contributed by atoms with E-state index in [0.29, 0.717) is 18.0 Å². The van der Waals surface area contributed by atoms with Crippen molar-refractivity contribution in [3.05, 3.63) is 69.9 Å². The first-order chi connectivity index (χ1) is 13.5. The van der Waals surface area contributed by atoms with Crippen LogP contribution in [0.1, 0.15) is 31.4 Å². The number of carbonyl (C=O) groups is 2. The normalized spacial score (nSPS) is 19.3. The van der Waals surface area contributed by atoms with Crippen LogP contribution in [0.4, 0.5) is 5.69 Å². The van der Waals surface area contributed by atoms with E-state index in [-0.39, 0.29) is 17.3 Å². The molecule has 1 fully saturated rings. The number of halogens is 1. The Kier molecular flexibility index (Phi) is 4.98. The molecule has 0 radical (unpaired) electrons. The second kappa shape index (κ2) is 7.43. The van der Waals surface area contributed by atoms with Crippen LogP contribution >= 0.6 is 15.9 Å². The van der Waals surface area contributed by atoms with E-state index >= 15 is 0 Å². The van der Waals surface area contributed by atoms with Crippen LogP contribution in [0.3, 0.4) is 0 Å². The molecule has 4 rings (SSSR count). The van der Waals surface area contributed by atoms with Gasteiger partial charge in [0.25, 0.3) is 5.91 Å². The third-order valence-electron chi connectivity index (χ3n) is 5.03. The average Bonchev–Trinajstić information content (AvgIpc) is 3.51. The topological polar surface area (TPSA) is 66.8 Å². The minimum absolute atomic E-state index is 0.106. The van der Waals surface area contributed by atoms with Crippen molar-refractivity contribution in [2.75, 3.05) is 11.5 Å². The van der Waals surface area contributed by atoms with E-state index in [2.05, 4.69) is 15.9 Å². The van der Waals surface area contributed by atoms with Gasteiger partial charge in [0.15, 0.2) is 11.5 Å². The molecule has 0 bridgehead atoms. The van der Waals surface area contributed by atoms with Crippen molar-refractivity contribution in [1.29, 1.82) is 0 Å². The largest absolute Gasteiger partial charge is 0.503 e. The van der Waals surface area contributed by atoms with Gasteiger partial charge in [-0.3, -0.25) is 14.5 Å². The number of amides is 1. The predicted octanol–water partition coefficient (Wildman–Crippen LogP) is 4.73. The van der Waals surface area contributed by atoms with Gasteiger partial charge in [-0.05, 0) is 49.6 Å². The summed E-state index contributed by atoms with van der Waals surface area (Å²) in [5, 5.41) is 10.7. The van der Waals surface area contributed by atoms with Gasteiger partial charge >= 0.3 is 0 Å². The Bertz CT molecular complexity index is 963. The van der Waals surface area contributed by atoms with Gasteiger partial charge in [-0.25, -0.2) is 0 Å². The van der Waals surface area contributed by atoms with Crippen molar-refractivity contribution >= 4 is 33.3 Å². The molecule has 1 heterocycles. The van der Waals surface area contributed by atoms with Crippen LogP contribution in [0.5, 0.6) is 5.75 Å². The fourth-order valence-electron chi connectivity index (χ4n) is 3.57. The Hall–Kier alpha value is -2.60. The summed E-state index contributed by atoms with van der Waals surface area (Å²) >= 11 is 3.42. The molecule has 2 aromatic carbocycles. The number of para-hydroxylation sites is 2. The van der Waals surface area contributed by atoms with Crippen LogP contribution in [-0.4, -0.2) is 23.4 Å². The van der Waals surface area contributed by atoms with E-state index in [0.717, 1.165) is 22.9 Å². The van der Waals surface area contributed by atoms with Crippen molar-refractivity contribution < 1.29 is 19.4 Å². The average molecular weight is 442 g/mol. The Morgan fingerprint density at radius 1 is 1.18 bits per heavy atom. The summed E-state index contributed by atoms with van der Waals surface area (Å²) in [6, 6.07) is 13.9. The van der Waals surface area contributed by atoms with E-state index in [1.165, 1.54) is 4.90 Å². The Balaban J connectivity index is 1.86. The third-order valence-corrected chi connectivity index (χ3v) is 5.56. The minimum atomic E-state index is -0.685. The molecule has 0 saturated heterocycles. The lowest BCUT2D eigenvalue weighted by Gasteiger charge is -2.28. The number of carbonyl (C=O) groups excluding carboxylic acids is 2. The second-order valence-corrected chi connectivity index (χ2v) is 7.85. The van der Waals surface area contributed by atoms with Gasteiger partial charge in [0.05, 0.1) is 23.9 Å². The molecule has 1 amide bonds. The molecular weight excluding hydrogens is 422 g/mol. The summed E-state index contributed by atoms with van der Waals surface area (Å²) in [6.07, 6.45) is 1.60. The van der Waals surface area contributed by atoms with E-state index < -0.39 is 17.7 Å². The number of aliphatic hydroxyl groups is 1. The first-order valence-electron chi connectivity index (χ1n) is 9.31. The second-order valence-electron chi connectivity index (χ2n) is 6.93. The Labute approximate surface area is 171 Å². The molecule has 5 nitrogen and oxygen atoms in total. The zero-order valence-corrected chi connectivity index (χ0v) is 17.0. The number of benzene rings is 2. The van der Waals surface area contributed by atoms with E-state index in [4.69, 9.17) is 4.74 Å². The highest BCUT2D eigenvalue weighted by Crippen LogP contribution is 2.47. The molecule has 2 aromatic rings. The van der Waals surface area contributed by atoms with Gasteiger partial charge in [-0.15, -0.1) is 0 Å². The van der Waals surface area contributed by atoms with Crippen molar-refractivity contribution in [1.82, 2.24) is 0 Å². The summed E-state index contributed by atoms with van der Waals surface area (Å²) in [6.45, 7) is 2.31. The summed E-state index contributed by atoms with van der Waals surface area (Å²) in [5.41, 5.74) is 1.48. The lowest BCUT2D eigenvalue weighted by molar-refractivity contribution is -0.118. The Morgan fingerprint density at radius 3 is 2.50 bits per heavy atom. The molecule has 1 aliphatic carbocycles. The molecule has 0 aromatic heterocycles. The number of ketones is 1. The first-order valence-corrected chi connectivity index (χ1v) is 10.1. The van der Waals surface area contributed by atoms with Crippen LogP contribution in [-0.2, 0) is 9.59 Å². The van der Waals surface area contributed by atoms with E-state index in [9.17, 15) is 14.7 Å². The van der Waals surface area contributed by atoms with Gasteiger partial charge in [-0.1, -0.05) is 40.2 Å². The van der Waals surface area contributed by atoms with Crippen molar-refractivity contribution in [2.45, 2.75) is 25.8 Å². The highest BCUT2D eigenvalue weighted by molar-refractivity contribution is 9.10. The highest BCUT2D eigenvalue weighted by atomic mass is 79.9.